The van der Waals surface area contributed by atoms with Crippen molar-refractivity contribution in [3.8, 4) is 0 Å². The predicted molar refractivity (Wildman–Crippen MR) is 84.2 cm³/mol. The van der Waals surface area contributed by atoms with E-state index in [4.69, 9.17) is 0 Å². The molecule has 3 N–H and O–H groups in total. The second kappa shape index (κ2) is 7.45. The number of fused-ring (bicyclic) bond motifs is 2. The highest BCUT2D eigenvalue weighted by molar-refractivity contribution is 5.74. The Morgan fingerprint density at radius 3 is 2.48 bits per heavy atom. The molecular weight excluding hydrogens is 266 g/mol. The normalized spacial score (nSPS) is 31.0. The van der Waals surface area contributed by atoms with Gasteiger partial charge in [-0.2, -0.15) is 0 Å². The van der Waals surface area contributed by atoms with Gasteiger partial charge in [0, 0.05) is 24.7 Å². The third-order valence-electron chi connectivity index (χ3n) is 4.92. The Kier molecular flexibility index (Phi) is 5.88. The van der Waals surface area contributed by atoms with Gasteiger partial charge in [-0.25, -0.2) is 4.79 Å². The van der Waals surface area contributed by atoms with E-state index >= 15 is 0 Å². The number of carbonyl (C=O) groups is 1. The lowest BCUT2D eigenvalue weighted by Crippen LogP contribution is -2.56. The number of aliphatic hydroxyl groups excluding tert-OH is 1. The molecule has 2 aliphatic rings. The monoisotopic (exact) mass is 297 g/mol. The summed E-state index contributed by atoms with van der Waals surface area (Å²) >= 11 is 0. The highest BCUT2D eigenvalue weighted by Crippen LogP contribution is 2.32. The van der Waals surface area contributed by atoms with Crippen LogP contribution in [0.15, 0.2) is 0 Å². The molecule has 21 heavy (non-hydrogen) atoms. The van der Waals surface area contributed by atoms with Crippen molar-refractivity contribution >= 4 is 6.03 Å². The second-order valence-corrected chi connectivity index (χ2v) is 7.21. The second-order valence-electron chi connectivity index (χ2n) is 7.21. The van der Waals surface area contributed by atoms with Crippen molar-refractivity contribution in [1.29, 1.82) is 0 Å². The summed E-state index contributed by atoms with van der Waals surface area (Å²) < 4.78 is 0. The Balaban J connectivity index is 1.71. The van der Waals surface area contributed by atoms with E-state index in [1.165, 1.54) is 19.3 Å². The Labute approximate surface area is 128 Å². The number of urea groups is 1. The topological polar surface area (TPSA) is 64.6 Å². The van der Waals surface area contributed by atoms with E-state index in [2.05, 4.69) is 36.4 Å². The molecule has 2 bridgehead atoms. The van der Waals surface area contributed by atoms with Crippen molar-refractivity contribution in [2.75, 3.05) is 13.6 Å². The van der Waals surface area contributed by atoms with Crippen LogP contribution in [0.5, 0.6) is 0 Å². The largest absolute Gasteiger partial charge is 0.391 e. The number of hydrogen-bond acceptors (Lipinski definition) is 3. The first kappa shape index (κ1) is 16.6. The highest BCUT2D eigenvalue weighted by Gasteiger charge is 2.36. The molecule has 0 aliphatic carbocycles. The Bertz CT molecular complexity index is 334. The van der Waals surface area contributed by atoms with E-state index in [9.17, 15) is 9.90 Å². The molecule has 5 heteroatoms. The molecule has 0 aromatic rings. The molecule has 2 fully saturated rings. The maximum atomic E-state index is 12.0. The summed E-state index contributed by atoms with van der Waals surface area (Å²) in [5.74, 6) is 0.443. The van der Waals surface area contributed by atoms with E-state index in [0.717, 1.165) is 19.3 Å². The fourth-order valence-electron chi connectivity index (χ4n) is 3.81. The molecular formula is C16H31N3O2. The lowest BCUT2D eigenvalue weighted by molar-refractivity contribution is 0.0507. The molecule has 2 rings (SSSR count). The summed E-state index contributed by atoms with van der Waals surface area (Å²) in [6.07, 6.45) is 6.19. The minimum Gasteiger partial charge on any atom is -0.391 e. The van der Waals surface area contributed by atoms with Crippen molar-refractivity contribution in [2.24, 2.45) is 5.92 Å². The zero-order valence-electron chi connectivity index (χ0n) is 13.6. The zero-order valence-corrected chi connectivity index (χ0v) is 13.6. The molecule has 2 amide bonds. The van der Waals surface area contributed by atoms with Crippen molar-refractivity contribution in [2.45, 2.75) is 76.6 Å². The first-order valence-electron chi connectivity index (χ1n) is 8.40. The van der Waals surface area contributed by atoms with Gasteiger partial charge < -0.3 is 20.6 Å². The maximum absolute atomic E-state index is 12.0. The molecule has 0 saturated carbocycles. The van der Waals surface area contributed by atoms with Crippen LogP contribution >= 0.6 is 0 Å². The van der Waals surface area contributed by atoms with Crippen LogP contribution in [-0.2, 0) is 0 Å². The van der Waals surface area contributed by atoms with Crippen molar-refractivity contribution in [3.05, 3.63) is 0 Å². The minimum absolute atomic E-state index is 0.134. The summed E-state index contributed by atoms with van der Waals surface area (Å²) in [6, 6.07) is 1.38. The van der Waals surface area contributed by atoms with Gasteiger partial charge in [-0.15, -0.1) is 0 Å². The standard InChI is InChI=1S/C16H31N3O2/c1-11(2)7-15(20)10-17-16(21)18-12-8-13-5-4-6-14(9-12)19(13)3/h11-15,20H,4-10H2,1-3H3,(H2,17,18,21). The van der Waals surface area contributed by atoms with Gasteiger partial charge in [0.25, 0.3) is 0 Å². The van der Waals surface area contributed by atoms with E-state index in [1.54, 1.807) is 0 Å². The van der Waals surface area contributed by atoms with Gasteiger partial charge in [0.2, 0.25) is 0 Å². The summed E-state index contributed by atoms with van der Waals surface area (Å²) in [7, 11) is 2.22. The van der Waals surface area contributed by atoms with Gasteiger partial charge in [0.1, 0.15) is 0 Å². The Morgan fingerprint density at radius 1 is 1.29 bits per heavy atom. The predicted octanol–water partition coefficient (Wildman–Crippen LogP) is 1.71. The molecule has 0 aromatic heterocycles. The van der Waals surface area contributed by atoms with Crippen LogP contribution in [0.25, 0.3) is 0 Å². The summed E-state index contributed by atoms with van der Waals surface area (Å²) in [5.41, 5.74) is 0. The van der Waals surface area contributed by atoms with Gasteiger partial charge in [-0.1, -0.05) is 20.3 Å². The highest BCUT2D eigenvalue weighted by atomic mass is 16.3. The summed E-state index contributed by atoms with van der Waals surface area (Å²) in [6.45, 7) is 4.48. The fourth-order valence-corrected chi connectivity index (χ4v) is 3.81. The zero-order chi connectivity index (χ0) is 15.4. The number of nitrogens with one attached hydrogen (secondary N) is 2. The molecule has 2 aliphatic heterocycles. The van der Waals surface area contributed by atoms with E-state index < -0.39 is 6.10 Å². The number of amides is 2. The fraction of sp³-hybridized carbons (Fsp3) is 0.938. The maximum Gasteiger partial charge on any atom is 0.315 e. The van der Waals surface area contributed by atoms with Crippen LogP contribution in [0.2, 0.25) is 0 Å². The Hall–Kier alpha value is -0.810. The van der Waals surface area contributed by atoms with Crippen molar-refractivity contribution in [3.63, 3.8) is 0 Å². The average Bonchev–Trinajstić information content (AvgIpc) is 2.37. The lowest BCUT2D eigenvalue weighted by Gasteiger charge is -2.47. The quantitative estimate of drug-likeness (QED) is 0.724. The van der Waals surface area contributed by atoms with Gasteiger partial charge in [0.15, 0.2) is 0 Å². The molecule has 0 radical (unpaired) electrons. The number of carbonyl (C=O) groups excluding carboxylic acids is 1. The number of piperidine rings is 2. The molecule has 3 atom stereocenters. The van der Waals surface area contributed by atoms with Gasteiger partial charge in [0.05, 0.1) is 6.10 Å². The van der Waals surface area contributed by atoms with Crippen LogP contribution in [0, 0.1) is 5.92 Å². The summed E-state index contributed by atoms with van der Waals surface area (Å²) in [5, 5.41) is 15.7. The van der Waals surface area contributed by atoms with E-state index in [-0.39, 0.29) is 12.1 Å². The first-order valence-corrected chi connectivity index (χ1v) is 8.40. The molecule has 2 saturated heterocycles. The number of hydrogen-bond donors (Lipinski definition) is 3. The molecule has 122 valence electrons. The number of rotatable bonds is 5. The van der Waals surface area contributed by atoms with Crippen LogP contribution in [0.4, 0.5) is 4.79 Å². The number of aliphatic hydroxyl groups is 1. The van der Waals surface area contributed by atoms with Gasteiger partial charge >= 0.3 is 6.03 Å². The minimum atomic E-state index is -0.451. The SMILES string of the molecule is CC(C)CC(O)CNC(=O)NC1CC2CCCC(C1)N2C. The first-order chi connectivity index (χ1) is 9.95. The molecule has 2 heterocycles. The average molecular weight is 297 g/mol. The third-order valence-corrected chi connectivity index (χ3v) is 4.92. The molecule has 0 aromatic carbocycles. The van der Waals surface area contributed by atoms with Crippen LogP contribution in [0.3, 0.4) is 0 Å². The summed E-state index contributed by atoms with van der Waals surface area (Å²) in [4.78, 5) is 14.4. The molecule has 0 spiro atoms. The number of nitrogens with zero attached hydrogens (tertiary/aromatic N) is 1. The lowest BCUT2D eigenvalue weighted by atomic mass is 9.82. The van der Waals surface area contributed by atoms with Crippen LogP contribution < -0.4 is 10.6 Å². The third kappa shape index (κ3) is 4.85. The smallest absolute Gasteiger partial charge is 0.315 e. The van der Waals surface area contributed by atoms with Gasteiger partial charge in [-0.05, 0) is 45.1 Å². The molecule has 5 nitrogen and oxygen atoms in total. The van der Waals surface area contributed by atoms with Gasteiger partial charge in [-0.3, -0.25) is 0 Å². The Morgan fingerprint density at radius 2 is 1.90 bits per heavy atom. The van der Waals surface area contributed by atoms with Crippen LogP contribution in [-0.4, -0.2) is 53.9 Å². The van der Waals surface area contributed by atoms with Crippen molar-refractivity contribution in [1.82, 2.24) is 15.5 Å². The van der Waals surface area contributed by atoms with E-state index in [1.807, 2.05) is 0 Å². The van der Waals surface area contributed by atoms with Crippen LogP contribution in [0.1, 0.15) is 52.4 Å². The van der Waals surface area contributed by atoms with E-state index in [0.29, 0.717) is 24.5 Å². The van der Waals surface area contributed by atoms with Crippen molar-refractivity contribution < 1.29 is 9.90 Å². The molecule has 3 unspecified atom stereocenters.